The fourth-order valence-corrected chi connectivity index (χ4v) is 2.24. The minimum atomic E-state index is 0.453. The second kappa shape index (κ2) is 3.26. The van der Waals surface area contributed by atoms with Crippen LogP contribution >= 0.6 is 0 Å². The van der Waals surface area contributed by atoms with Crippen LogP contribution < -0.4 is 0 Å². The molecule has 0 aromatic carbocycles. The van der Waals surface area contributed by atoms with Crippen molar-refractivity contribution < 1.29 is 9.47 Å². The summed E-state index contributed by atoms with van der Waals surface area (Å²) in [5.41, 5.74) is 0. The predicted molar refractivity (Wildman–Crippen MR) is 52.7 cm³/mol. The first kappa shape index (κ1) is 8.26. The zero-order valence-electron chi connectivity index (χ0n) is 8.11. The highest BCUT2D eigenvalue weighted by molar-refractivity contribution is 5.90. The predicted octanol–water partition coefficient (Wildman–Crippen LogP) is 0.870. The third kappa shape index (κ3) is 1.21. The van der Waals surface area contributed by atoms with Gasteiger partial charge in [0.05, 0.1) is 13.1 Å². The molecule has 0 spiro atoms. The van der Waals surface area contributed by atoms with Crippen LogP contribution in [0.25, 0.3) is 0 Å². The van der Waals surface area contributed by atoms with Crippen molar-refractivity contribution >= 4 is 11.8 Å². The van der Waals surface area contributed by atoms with Crippen LogP contribution in [0.3, 0.4) is 0 Å². The molecular weight excluding hydrogens is 180 g/mol. The van der Waals surface area contributed by atoms with E-state index in [0.717, 1.165) is 38.1 Å². The van der Waals surface area contributed by atoms with Crippen LogP contribution in [0.1, 0.15) is 12.8 Å². The molecule has 0 bridgehead atoms. The largest absolute Gasteiger partial charge is 0.479 e. The Morgan fingerprint density at radius 2 is 1.36 bits per heavy atom. The first-order valence-corrected chi connectivity index (χ1v) is 5.29. The maximum atomic E-state index is 5.49. The van der Waals surface area contributed by atoms with Gasteiger partial charge in [0.1, 0.15) is 13.2 Å². The van der Waals surface area contributed by atoms with E-state index in [1.54, 1.807) is 0 Å². The van der Waals surface area contributed by atoms with E-state index in [9.17, 15) is 0 Å². The molecule has 4 nitrogen and oxygen atoms in total. The summed E-state index contributed by atoms with van der Waals surface area (Å²) >= 11 is 0. The molecule has 1 fully saturated rings. The molecule has 2 heterocycles. The van der Waals surface area contributed by atoms with Gasteiger partial charge in [-0.25, -0.2) is 0 Å². The van der Waals surface area contributed by atoms with Crippen molar-refractivity contribution in [3.05, 3.63) is 0 Å². The lowest BCUT2D eigenvalue weighted by molar-refractivity contribution is 0.217. The fraction of sp³-hybridized carbons (Fsp3) is 0.800. The normalized spacial score (nSPS) is 35.4. The Balaban J connectivity index is 1.70. The lowest BCUT2D eigenvalue weighted by Crippen LogP contribution is -2.38. The molecule has 14 heavy (non-hydrogen) atoms. The molecular formula is C10H14N2O2. The Labute approximate surface area is 83.0 Å². The molecule has 0 N–H and O–H groups in total. The summed E-state index contributed by atoms with van der Waals surface area (Å²) in [6.45, 7) is 3.16. The van der Waals surface area contributed by atoms with Crippen molar-refractivity contribution in [3.63, 3.8) is 0 Å². The molecule has 0 radical (unpaired) electrons. The molecule has 4 heteroatoms. The lowest BCUT2D eigenvalue weighted by Gasteiger charge is -2.34. The van der Waals surface area contributed by atoms with Crippen LogP contribution in [0.2, 0.25) is 0 Å². The van der Waals surface area contributed by atoms with Gasteiger partial charge < -0.3 is 9.47 Å². The summed E-state index contributed by atoms with van der Waals surface area (Å²) in [6.07, 6.45) is 2.35. The van der Waals surface area contributed by atoms with E-state index < -0.39 is 0 Å². The summed E-state index contributed by atoms with van der Waals surface area (Å²) < 4.78 is 11.0. The number of hydrogen-bond acceptors (Lipinski definition) is 4. The molecule has 0 saturated heterocycles. The average molecular weight is 194 g/mol. The van der Waals surface area contributed by atoms with Crippen molar-refractivity contribution in [2.45, 2.75) is 12.8 Å². The minimum Gasteiger partial charge on any atom is -0.479 e. The standard InChI is InChI=1S/C10H14N2O2/c1-2-8(10-12-4-6-14-10)7(1)9-11-3-5-13-9/h7-8H,1-6H2. The van der Waals surface area contributed by atoms with Crippen LogP contribution in [-0.4, -0.2) is 38.1 Å². The van der Waals surface area contributed by atoms with E-state index in [4.69, 9.17) is 9.47 Å². The van der Waals surface area contributed by atoms with Gasteiger partial charge in [-0.1, -0.05) is 0 Å². The van der Waals surface area contributed by atoms with Crippen LogP contribution in [0.5, 0.6) is 0 Å². The topological polar surface area (TPSA) is 43.2 Å². The molecule has 0 aromatic rings. The highest BCUT2D eigenvalue weighted by Gasteiger charge is 2.42. The quantitative estimate of drug-likeness (QED) is 0.654. The summed E-state index contributed by atoms with van der Waals surface area (Å²) in [6, 6.07) is 0. The Kier molecular flexibility index (Phi) is 1.92. The maximum Gasteiger partial charge on any atom is 0.187 e. The fourth-order valence-electron chi connectivity index (χ4n) is 2.24. The average Bonchev–Trinajstić information content (AvgIpc) is 2.73. The number of ether oxygens (including phenoxy) is 2. The van der Waals surface area contributed by atoms with Crippen LogP contribution in [0.15, 0.2) is 9.98 Å². The van der Waals surface area contributed by atoms with Crippen molar-refractivity contribution in [2.75, 3.05) is 26.3 Å². The molecule has 1 aliphatic carbocycles. The molecule has 1 saturated carbocycles. The third-order valence-corrected chi connectivity index (χ3v) is 3.13. The van der Waals surface area contributed by atoms with E-state index in [-0.39, 0.29) is 0 Å². The van der Waals surface area contributed by atoms with Gasteiger partial charge in [0, 0.05) is 11.8 Å². The van der Waals surface area contributed by atoms with Gasteiger partial charge >= 0.3 is 0 Å². The molecule has 3 rings (SSSR count). The molecule has 0 amide bonds. The van der Waals surface area contributed by atoms with Crippen molar-refractivity contribution in [1.29, 1.82) is 0 Å². The maximum absolute atomic E-state index is 5.49. The Hall–Kier alpha value is -1.06. The van der Waals surface area contributed by atoms with Crippen LogP contribution in [0, 0.1) is 11.8 Å². The molecule has 2 aliphatic heterocycles. The molecule has 2 atom stereocenters. The summed E-state index contributed by atoms with van der Waals surface area (Å²) in [5.74, 6) is 2.79. The van der Waals surface area contributed by atoms with Gasteiger partial charge in [-0.3, -0.25) is 9.98 Å². The highest BCUT2D eigenvalue weighted by atomic mass is 16.5. The van der Waals surface area contributed by atoms with Crippen LogP contribution in [0.4, 0.5) is 0 Å². The molecule has 3 aliphatic rings. The monoisotopic (exact) mass is 194 g/mol. The Morgan fingerprint density at radius 1 is 0.857 bits per heavy atom. The Morgan fingerprint density at radius 3 is 1.64 bits per heavy atom. The summed E-state index contributed by atoms with van der Waals surface area (Å²) in [7, 11) is 0. The zero-order chi connectivity index (χ0) is 9.38. The SMILES string of the molecule is C1COC(C2CCC2C2=NCCO2)=N1. The van der Waals surface area contributed by atoms with Gasteiger partial charge in [0.25, 0.3) is 0 Å². The number of nitrogens with zero attached hydrogens (tertiary/aromatic N) is 2. The number of aliphatic imine (C=N–C) groups is 2. The highest BCUT2D eigenvalue weighted by Crippen LogP contribution is 2.38. The third-order valence-electron chi connectivity index (χ3n) is 3.13. The second-order valence-corrected chi connectivity index (χ2v) is 3.93. The lowest BCUT2D eigenvalue weighted by atomic mass is 9.73. The van der Waals surface area contributed by atoms with Crippen molar-refractivity contribution in [3.8, 4) is 0 Å². The number of rotatable bonds is 2. The van der Waals surface area contributed by atoms with Gasteiger partial charge in [-0.2, -0.15) is 0 Å². The molecule has 0 aromatic heterocycles. The Bertz CT molecular complexity index is 268. The van der Waals surface area contributed by atoms with E-state index in [1.807, 2.05) is 0 Å². The van der Waals surface area contributed by atoms with Gasteiger partial charge in [0.15, 0.2) is 11.8 Å². The second-order valence-electron chi connectivity index (χ2n) is 3.93. The van der Waals surface area contributed by atoms with Crippen LogP contribution in [-0.2, 0) is 9.47 Å². The first-order chi connectivity index (χ1) is 6.95. The van der Waals surface area contributed by atoms with Crippen molar-refractivity contribution in [1.82, 2.24) is 0 Å². The minimum absolute atomic E-state index is 0.453. The molecule has 76 valence electrons. The summed E-state index contributed by atoms with van der Waals surface area (Å²) in [5, 5.41) is 0. The van der Waals surface area contributed by atoms with Gasteiger partial charge in [0.2, 0.25) is 0 Å². The van der Waals surface area contributed by atoms with E-state index in [0.29, 0.717) is 11.8 Å². The molecule has 2 unspecified atom stereocenters. The van der Waals surface area contributed by atoms with E-state index >= 15 is 0 Å². The zero-order valence-corrected chi connectivity index (χ0v) is 8.11. The van der Waals surface area contributed by atoms with Crippen molar-refractivity contribution in [2.24, 2.45) is 21.8 Å². The van der Waals surface area contributed by atoms with Gasteiger partial charge in [-0.15, -0.1) is 0 Å². The summed E-state index contributed by atoms with van der Waals surface area (Å²) in [4.78, 5) is 8.73. The van der Waals surface area contributed by atoms with E-state index in [1.165, 1.54) is 12.8 Å². The smallest absolute Gasteiger partial charge is 0.187 e. The first-order valence-electron chi connectivity index (χ1n) is 5.29. The number of hydrogen-bond donors (Lipinski definition) is 0. The van der Waals surface area contributed by atoms with E-state index in [2.05, 4.69) is 9.98 Å². The van der Waals surface area contributed by atoms with Gasteiger partial charge in [-0.05, 0) is 12.8 Å².